The number of hydrogen-bond acceptors (Lipinski definition) is 6. The maximum atomic E-state index is 11.8. The van der Waals surface area contributed by atoms with E-state index in [0.29, 0.717) is 6.42 Å². The largest absolute Gasteiger partial charge is 0.368 e. The molecule has 1 aliphatic rings. The van der Waals surface area contributed by atoms with Crippen LogP contribution in [0.3, 0.4) is 0 Å². The van der Waals surface area contributed by atoms with Gasteiger partial charge < -0.3 is 9.80 Å². The Bertz CT molecular complexity index is 831. The van der Waals surface area contributed by atoms with Crippen LogP contribution in [0, 0.1) is 6.92 Å². The van der Waals surface area contributed by atoms with E-state index in [2.05, 4.69) is 55.9 Å². The van der Waals surface area contributed by atoms with Gasteiger partial charge in [0.1, 0.15) is 0 Å². The van der Waals surface area contributed by atoms with Crippen molar-refractivity contribution >= 4 is 27.3 Å². The van der Waals surface area contributed by atoms with Crippen LogP contribution in [0.15, 0.2) is 36.4 Å². The minimum absolute atomic E-state index is 0.0807. The number of aromatic nitrogens is 2. The van der Waals surface area contributed by atoms with Gasteiger partial charge in [0.05, 0.1) is 5.75 Å². The van der Waals surface area contributed by atoms with Crippen LogP contribution in [0.2, 0.25) is 0 Å². The summed E-state index contributed by atoms with van der Waals surface area (Å²) in [5, 5.41) is 8.20. The van der Waals surface area contributed by atoms with Gasteiger partial charge in [-0.05, 0) is 43.2 Å². The van der Waals surface area contributed by atoms with E-state index in [0.717, 1.165) is 32.0 Å². The summed E-state index contributed by atoms with van der Waals surface area (Å²) in [6.07, 6.45) is 0.562. The second-order valence-corrected chi connectivity index (χ2v) is 8.35. The standard InChI is InChI=1S/C18H25N5O2S/c1-3-13-26(24,25)21-17-7-8-18(20-19-17)23-11-9-22(10-12-23)16-6-4-5-15(2)14-16/h4-8,14H,3,9-13H2,1-2H3,(H,19,21). The van der Waals surface area contributed by atoms with E-state index < -0.39 is 10.0 Å². The number of rotatable bonds is 6. The second kappa shape index (κ2) is 7.90. The van der Waals surface area contributed by atoms with Crippen LogP contribution in [0.25, 0.3) is 0 Å². The number of nitrogens with one attached hydrogen (secondary N) is 1. The zero-order valence-corrected chi connectivity index (χ0v) is 16.0. The number of aryl methyl sites for hydroxylation is 1. The van der Waals surface area contributed by atoms with E-state index in [1.807, 2.05) is 13.0 Å². The summed E-state index contributed by atoms with van der Waals surface area (Å²) >= 11 is 0. The third-order valence-corrected chi connectivity index (χ3v) is 5.82. The van der Waals surface area contributed by atoms with Crippen LogP contribution in [0.1, 0.15) is 18.9 Å². The molecule has 1 aromatic carbocycles. The van der Waals surface area contributed by atoms with Gasteiger partial charge in [-0.15, -0.1) is 10.2 Å². The summed E-state index contributed by atoms with van der Waals surface area (Å²) in [6, 6.07) is 12.0. The van der Waals surface area contributed by atoms with Crippen molar-refractivity contribution in [2.45, 2.75) is 20.3 Å². The van der Waals surface area contributed by atoms with Gasteiger partial charge in [-0.2, -0.15) is 0 Å². The van der Waals surface area contributed by atoms with Crippen LogP contribution < -0.4 is 14.5 Å². The molecule has 0 saturated carbocycles. The molecule has 0 bridgehead atoms. The summed E-state index contributed by atoms with van der Waals surface area (Å²) in [5.41, 5.74) is 2.51. The van der Waals surface area contributed by atoms with Crippen LogP contribution in [-0.4, -0.2) is 50.5 Å². The van der Waals surface area contributed by atoms with E-state index in [4.69, 9.17) is 0 Å². The Morgan fingerprint density at radius 2 is 1.77 bits per heavy atom. The van der Waals surface area contributed by atoms with Gasteiger partial charge in [0.15, 0.2) is 11.6 Å². The lowest BCUT2D eigenvalue weighted by atomic mass is 10.2. The van der Waals surface area contributed by atoms with E-state index in [1.165, 1.54) is 11.3 Å². The topological polar surface area (TPSA) is 78.4 Å². The Hall–Kier alpha value is -2.35. The number of hydrogen-bond donors (Lipinski definition) is 1. The molecule has 140 valence electrons. The summed E-state index contributed by atoms with van der Waals surface area (Å²) in [5.74, 6) is 1.12. The van der Waals surface area contributed by atoms with Gasteiger partial charge in [-0.3, -0.25) is 4.72 Å². The van der Waals surface area contributed by atoms with Crippen LogP contribution in [-0.2, 0) is 10.0 Å². The molecule has 26 heavy (non-hydrogen) atoms. The van der Waals surface area contributed by atoms with E-state index in [1.54, 1.807) is 6.07 Å². The molecule has 1 aliphatic heterocycles. The predicted octanol–water partition coefficient (Wildman–Crippen LogP) is 2.26. The highest BCUT2D eigenvalue weighted by Crippen LogP contribution is 2.20. The zero-order valence-electron chi connectivity index (χ0n) is 15.2. The van der Waals surface area contributed by atoms with E-state index >= 15 is 0 Å². The molecule has 8 heteroatoms. The monoisotopic (exact) mass is 375 g/mol. The SMILES string of the molecule is CCCS(=O)(=O)Nc1ccc(N2CCN(c3cccc(C)c3)CC2)nn1. The molecule has 0 amide bonds. The summed E-state index contributed by atoms with van der Waals surface area (Å²) in [6.45, 7) is 7.45. The van der Waals surface area contributed by atoms with Crippen LogP contribution in [0.4, 0.5) is 17.3 Å². The first-order chi connectivity index (χ1) is 12.5. The lowest BCUT2D eigenvalue weighted by Gasteiger charge is -2.36. The quantitative estimate of drug-likeness (QED) is 0.834. The molecular formula is C18H25N5O2S. The van der Waals surface area contributed by atoms with Crippen molar-refractivity contribution in [2.75, 3.05) is 46.5 Å². The molecule has 1 saturated heterocycles. The van der Waals surface area contributed by atoms with Gasteiger partial charge in [0.2, 0.25) is 10.0 Å². The Morgan fingerprint density at radius 3 is 2.38 bits per heavy atom. The third-order valence-electron chi connectivity index (χ3n) is 4.35. The average Bonchev–Trinajstić information content (AvgIpc) is 2.62. The van der Waals surface area contributed by atoms with Gasteiger partial charge in [0, 0.05) is 31.9 Å². The Kier molecular flexibility index (Phi) is 5.61. The molecule has 3 rings (SSSR count). The molecule has 0 unspecified atom stereocenters. The average molecular weight is 375 g/mol. The van der Waals surface area contributed by atoms with Gasteiger partial charge in [0.25, 0.3) is 0 Å². The molecule has 1 fully saturated rings. The van der Waals surface area contributed by atoms with Crippen molar-refractivity contribution in [3.63, 3.8) is 0 Å². The van der Waals surface area contributed by atoms with E-state index in [-0.39, 0.29) is 11.6 Å². The van der Waals surface area contributed by atoms with Crippen molar-refractivity contribution in [3.8, 4) is 0 Å². The zero-order chi connectivity index (χ0) is 18.6. The molecule has 1 N–H and O–H groups in total. The van der Waals surface area contributed by atoms with Crippen LogP contribution >= 0.6 is 0 Å². The minimum atomic E-state index is -3.34. The lowest BCUT2D eigenvalue weighted by molar-refractivity contribution is 0.599. The summed E-state index contributed by atoms with van der Waals surface area (Å²) < 4.78 is 26.0. The predicted molar refractivity (Wildman–Crippen MR) is 105 cm³/mol. The Morgan fingerprint density at radius 1 is 1.04 bits per heavy atom. The molecule has 0 atom stereocenters. The lowest BCUT2D eigenvalue weighted by Crippen LogP contribution is -2.46. The summed E-state index contributed by atoms with van der Waals surface area (Å²) in [4.78, 5) is 4.54. The maximum Gasteiger partial charge on any atom is 0.233 e. The third kappa shape index (κ3) is 4.63. The number of benzene rings is 1. The number of anilines is 3. The van der Waals surface area contributed by atoms with Gasteiger partial charge >= 0.3 is 0 Å². The van der Waals surface area contributed by atoms with Gasteiger partial charge in [-0.1, -0.05) is 19.1 Å². The van der Waals surface area contributed by atoms with Crippen LogP contribution in [0.5, 0.6) is 0 Å². The fourth-order valence-corrected chi connectivity index (χ4v) is 4.11. The molecule has 1 aromatic heterocycles. The van der Waals surface area contributed by atoms with Crippen molar-refractivity contribution in [1.29, 1.82) is 0 Å². The van der Waals surface area contributed by atoms with Crippen molar-refractivity contribution in [2.24, 2.45) is 0 Å². The molecule has 0 spiro atoms. The highest BCUT2D eigenvalue weighted by Gasteiger charge is 2.19. The fourth-order valence-electron chi connectivity index (χ4n) is 3.05. The van der Waals surface area contributed by atoms with Crippen molar-refractivity contribution in [3.05, 3.63) is 42.0 Å². The molecule has 2 heterocycles. The first-order valence-corrected chi connectivity index (χ1v) is 10.5. The minimum Gasteiger partial charge on any atom is -0.368 e. The highest BCUT2D eigenvalue weighted by molar-refractivity contribution is 7.92. The van der Waals surface area contributed by atoms with E-state index in [9.17, 15) is 8.42 Å². The molecule has 7 nitrogen and oxygen atoms in total. The number of piperazine rings is 1. The maximum absolute atomic E-state index is 11.8. The normalized spacial score (nSPS) is 15.2. The smallest absolute Gasteiger partial charge is 0.233 e. The number of nitrogens with zero attached hydrogens (tertiary/aromatic N) is 4. The molecule has 2 aromatic rings. The summed E-state index contributed by atoms with van der Waals surface area (Å²) in [7, 11) is -3.34. The first-order valence-electron chi connectivity index (χ1n) is 8.87. The fraction of sp³-hybridized carbons (Fsp3) is 0.444. The van der Waals surface area contributed by atoms with Gasteiger partial charge in [-0.25, -0.2) is 8.42 Å². The van der Waals surface area contributed by atoms with Crippen molar-refractivity contribution < 1.29 is 8.42 Å². The Labute approximate surface area is 155 Å². The molecular weight excluding hydrogens is 350 g/mol. The first kappa shape index (κ1) is 18.4. The molecule has 0 aliphatic carbocycles. The second-order valence-electron chi connectivity index (χ2n) is 6.51. The highest BCUT2D eigenvalue weighted by atomic mass is 32.2. The number of sulfonamides is 1. The van der Waals surface area contributed by atoms with Crippen molar-refractivity contribution in [1.82, 2.24) is 10.2 Å². The molecule has 0 radical (unpaired) electrons. The Balaban J connectivity index is 1.59.